The lowest BCUT2D eigenvalue weighted by Crippen LogP contribution is -2.41. The zero-order chi connectivity index (χ0) is 13.4. The van der Waals surface area contributed by atoms with Crippen LogP contribution in [0.3, 0.4) is 0 Å². The lowest BCUT2D eigenvalue weighted by Gasteiger charge is -2.41. The van der Waals surface area contributed by atoms with Crippen LogP contribution in [0.1, 0.15) is 32.6 Å². The molecule has 7 heteroatoms. The summed E-state index contributed by atoms with van der Waals surface area (Å²) in [6, 6.07) is 1.48. The Morgan fingerprint density at radius 1 is 1.56 bits per heavy atom. The smallest absolute Gasteiger partial charge is 0.210 e. The molecule has 1 fully saturated rings. The molecule has 0 unspecified atom stereocenters. The number of hydrogen-bond acceptors (Lipinski definition) is 3. The molecule has 1 heterocycles. The maximum Gasteiger partial charge on any atom is 0.250 e. The maximum atomic E-state index is 12.1. The van der Waals surface area contributed by atoms with E-state index in [1.165, 1.54) is 12.5 Å². The lowest BCUT2D eigenvalue weighted by atomic mass is 9.67. The van der Waals surface area contributed by atoms with E-state index in [4.69, 9.17) is 11.6 Å². The second-order valence-electron chi connectivity index (χ2n) is 4.72. The first kappa shape index (κ1) is 14.8. The number of hydrogen-bond donors (Lipinski definition) is 1. The van der Waals surface area contributed by atoms with Crippen LogP contribution in [0.5, 0.6) is 0 Å². The van der Waals surface area contributed by atoms with Crippen LogP contribution in [-0.4, -0.2) is 15.0 Å². The molecule has 0 radical (unpaired) electrons. The third kappa shape index (κ3) is 2.93. The predicted molar refractivity (Wildman–Crippen MR) is 78.8 cm³/mol. The van der Waals surface area contributed by atoms with Gasteiger partial charge in [0.25, 0.3) is 0 Å². The Morgan fingerprint density at radius 2 is 2.22 bits per heavy atom. The molecule has 2 rings (SSSR count). The predicted octanol–water partition coefficient (Wildman–Crippen LogP) is 4.02. The van der Waals surface area contributed by atoms with E-state index < -0.39 is 10.0 Å². The molecule has 0 aromatic carbocycles. The molecule has 102 valence electrons. The van der Waals surface area contributed by atoms with Crippen molar-refractivity contribution in [3.63, 3.8) is 0 Å². The van der Waals surface area contributed by atoms with Gasteiger partial charge in [-0.15, -0.1) is 11.3 Å². The summed E-state index contributed by atoms with van der Waals surface area (Å²) in [7, 11) is -3.43. The Kier molecular flexibility index (Phi) is 4.44. The van der Waals surface area contributed by atoms with Crippen LogP contribution in [0, 0.1) is 5.41 Å². The number of rotatable bonds is 5. The summed E-state index contributed by atoms with van der Waals surface area (Å²) in [6.07, 6.45) is 4.44. The highest BCUT2D eigenvalue weighted by molar-refractivity contribution is 9.11. The molecule has 0 saturated heterocycles. The summed E-state index contributed by atoms with van der Waals surface area (Å²) in [6.45, 7) is 2.64. The van der Waals surface area contributed by atoms with Crippen molar-refractivity contribution in [1.29, 1.82) is 0 Å². The van der Waals surface area contributed by atoms with Crippen molar-refractivity contribution in [1.82, 2.24) is 4.72 Å². The normalized spacial score (nSPS) is 18.6. The number of sulfonamides is 1. The zero-order valence-corrected chi connectivity index (χ0v) is 14.0. The first-order chi connectivity index (χ1) is 8.38. The molecule has 3 nitrogen and oxygen atoms in total. The van der Waals surface area contributed by atoms with Gasteiger partial charge in [0.05, 0.1) is 8.81 Å². The molecule has 1 aromatic rings. The molecule has 1 aliphatic carbocycles. The van der Waals surface area contributed by atoms with Crippen LogP contribution in [0.15, 0.2) is 14.1 Å². The summed E-state index contributed by atoms with van der Waals surface area (Å²) in [5.41, 5.74) is 0.172. The molecule has 0 bridgehead atoms. The molecule has 0 spiro atoms. The summed E-state index contributed by atoms with van der Waals surface area (Å²) in [5, 5.41) is 0.439. The fourth-order valence-electron chi connectivity index (χ4n) is 2.11. The highest BCUT2D eigenvalue weighted by Crippen LogP contribution is 2.43. The number of nitrogens with one attached hydrogen (secondary N) is 1. The van der Waals surface area contributed by atoms with Gasteiger partial charge < -0.3 is 0 Å². The van der Waals surface area contributed by atoms with Crippen molar-refractivity contribution in [3.05, 3.63) is 14.9 Å². The largest absolute Gasteiger partial charge is 0.250 e. The quantitative estimate of drug-likeness (QED) is 0.848. The molecular formula is C11H15BrClNO2S2. The number of thiophene rings is 1. The monoisotopic (exact) mass is 371 g/mol. The van der Waals surface area contributed by atoms with Crippen LogP contribution >= 0.6 is 38.9 Å². The van der Waals surface area contributed by atoms with Crippen molar-refractivity contribution >= 4 is 48.9 Å². The van der Waals surface area contributed by atoms with Gasteiger partial charge in [-0.05, 0) is 46.7 Å². The van der Waals surface area contributed by atoms with Crippen LogP contribution in [0.2, 0.25) is 5.02 Å². The van der Waals surface area contributed by atoms with Gasteiger partial charge in [-0.2, -0.15) is 0 Å². The Labute approximate surface area is 125 Å². The Hall–Kier alpha value is 0.380. The van der Waals surface area contributed by atoms with Crippen LogP contribution in [0.25, 0.3) is 0 Å². The minimum Gasteiger partial charge on any atom is -0.210 e. The van der Waals surface area contributed by atoms with E-state index in [2.05, 4.69) is 27.6 Å². The number of halogens is 2. The minimum absolute atomic E-state index is 0.172. The van der Waals surface area contributed by atoms with Gasteiger partial charge in [-0.3, -0.25) is 0 Å². The molecule has 0 amide bonds. The van der Waals surface area contributed by atoms with Crippen molar-refractivity contribution in [2.45, 2.75) is 36.8 Å². The Bertz CT molecular complexity index is 512. The first-order valence-corrected chi connectivity index (χ1v) is 9.30. The van der Waals surface area contributed by atoms with E-state index in [1.54, 1.807) is 0 Å². The van der Waals surface area contributed by atoms with Gasteiger partial charge in [0.2, 0.25) is 10.0 Å². The third-order valence-corrected chi connectivity index (χ3v) is 8.04. The summed E-state index contributed by atoms with van der Waals surface area (Å²) >= 11 is 10.2. The van der Waals surface area contributed by atoms with Crippen molar-refractivity contribution in [3.8, 4) is 0 Å². The summed E-state index contributed by atoms with van der Waals surface area (Å²) < 4.78 is 27.9. The zero-order valence-electron chi connectivity index (χ0n) is 10.0. The molecule has 1 N–H and O–H groups in total. The van der Waals surface area contributed by atoms with Crippen LogP contribution < -0.4 is 4.72 Å². The molecule has 0 aliphatic heterocycles. The van der Waals surface area contributed by atoms with Crippen molar-refractivity contribution < 1.29 is 8.42 Å². The molecular weight excluding hydrogens is 358 g/mol. The minimum atomic E-state index is -3.43. The molecule has 1 aromatic heterocycles. The molecule has 1 saturated carbocycles. The van der Waals surface area contributed by atoms with Crippen LogP contribution in [0.4, 0.5) is 0 Å². The van der Waals surface area contributed by atoms with E-state index in [9.17, 15) is 8.42 Å². The highest BCUT2D eigenvalue weighted by Gasteiger charge is 2.36. The third-order valence-electron chi connectivity index (χ3n) is 3.69. The Morgan fingerprint density at radius 3 is 2.61 bits per heavy atom. The highest BCUT2D eigenvalue weighted by atomic mass is 79.9. The molecule has 0 atom stereocenters. The molecule has 18 heavy (non-hydrogen) atoms. The second kappa shape index (κ2) is 5.40. The fourth-order valence-corrected chi connectivity index (χ4v) is 5.71. The SMILES string of the molecule is CCC1(CNS(=O)(=O)c2cc(Cl)c(Br)s2)CCC1. The fraction of sp³-hybridized carbons (Fsp3) is 0.636. The Balaban J connectivity index is 2.08. The topological polar surface area (TPSA) is 46.2 Å². The molecule has 1 aliphatic rings. The average Bonchev–Trinajstić information content (AvgIpc) is 2.59. The lowest BCUT2D eigenvalue weighted by molar-refractivity contribution is 0.133. The van der Waals surface area contributed by atoms with Gasteiger partial charge in [0, 0.05) is 6.54 Å². The van der Waals surface area contributed by atoms with Gasteiger partial charge in [0.1, 0.15) is 4.21 Å². The van der Waals surface area contributed by atoms with E-state index in [0.29, 0.717) is 15.4 Å². The van der Waals surface area contributed by atoms with Crippen LogP contribution in [-0.2, 0) is 10.0 Å². The van der Waals surface area contributed by atoms with Crippen molar-refractivity contribution in [2.75, 3.05) is 6.54 Å². The van der Waals surface area contributed by atoms with E-state index >= 15 is 0 Å². The van der Waals surface area contributed by atoms with Gasteiger partial charge in [0.15, 0.2) is 0 Å². The van der Waals surface area contributed by atoms with Gasteiger partial charge in [-0.1, -0.05) is 24.9 Å². The van der Waals surface area contributed by atoms with E-state index in [1.807, 2.05) is 0 Å². The van der Waals surface area contributed by atoms with Gasteiger partial charge >= 0.3 is 0 Å². The summed E-state index contributed by atoms with van der Waals surface area (Å²) in [4.78, 5) is 0. The second-order valence-corrected chi connectivity index (χ2v) is 9.49. The standard InChI is InChI=1S/C11H15BrClNO2S2/c1-2-11(4-3-5-11)7-14-18(15,16)9-6-8(13)10(12)17-9/h6,14H,2-5,7H2,1H3. The van der Waals surface area contributed by atoms with Crippen molar-refractivity contribution in [2.24, 2.45) is 5.41 Å². The average molecular weight is 373 g/mol. The van der Waals surface area contributed by atoms with E-state index in [-0.39, 0.29) is 9.62 Å². The first-order valence-electron chi connectivity index (χ1n) is 5.83. The van der Waals surface area contributed by atoms with E-state index in [0.717, 1.165) is 30.6 Å². The maximum absolute atomic E-state index is 12.1. The van der Waals surface area contributed by atoms with Gasteiger partial charge in [-0.25, -0.2) is 13.1 Å². The summed E-state index contributed by atoms with van der Waals surface area (Å²) in [5.74, 6) is 0.